The average molecular weight is 373 g/mol. The second-order valence-electron chi connectivity index (χ2n) is 7.99. The summed E-state index contributed by atoms with van der Waals surface area (Å²) in [5.41, 5.74) is 4.67. The smallest absolute Gasteiger partial charge is 0.408 e. The van der Waals surface area contributed by atoms with Gasteiger partial charge in [0, 0.05) is 6.42 Å². The zero-order valence-electron chi connectivity index (χ0n) is 16.7. The zero-order chi connectivity index (χ0) is 20.3. The third-order valence-corrected chi connectivity index (χ3v) is 3.53. The summed E-state index contributed by atoms with van der Waals surface area (Å²) in [4.78, 5) is 24.5. The standard InChI is InChI=1S/C18H36N4O4/c1-12(2)10-14(22-17(25)26-18(3,4)5)16(24)21-13(11-23)8-6-7-9-15(19)20/h12-14,23H,6-11H2,1-5H3,(H3,19,20)(H,21,24)(H,22,25)/t13-,14-/m0/s1. The zero-order valence-corrected chi connectivity index (χ0v) is 16.7. The van der Waals surface area contributed by atoms with E-state index in [-0.39, 0.29) is 24.3 Å². The number of hydrogen-bond donors (Lipinski definition) is 5. The van der Waals surface area contributed by atoms with Crippen LogP contribution in [0.2, 0.25) is 0 Å². The van der Waals surface area contributed by atoms with Gasteiger partial charge in [-0.15, -0.1) is 0 Å². The molecule has 0 bridgehead atoms. The first-order chi connectivity index (χ1) is 11.9. The van der Waals surface area contributed by atoms with Crippen molar-refractivity contribution in [1.82, 2.24) is 10.6 Å². The fourth-order valence-corrected chi connectivity index (χ4v) is 2.37. The molecule has 0 aliphatic carbocycles. The van der Waals surface area contributed by atoms with E-state index in [2.05, 4.69) is 10.6 Å². The van der Waals surface area contributed by atoms with E-state index >= 15 is 0 Å². The Kier molecular flexibility index (Phi) is 10.9. The maximum Gasteiger partial charge on any atom is 0.408 e. The quantitative estimate of drug-likeness (QED) is 0.214. The average Bonchev–Trinajstić information content (AvgIpc) is 2.46. The molecule has 0 fully saturated rings. The Morgan fingerprint density at radius 2 is 1.81 bits per heavy atom. The van der Waals surface area contributed by atoms with E-state index < -0.39 is 23.8 Å². The van der Waals surface area contributed by atoms with Crippen LogP contribution in [0.5, 0.6) is 0 Å². The lowest BCUT2D eigenvalue weighted by Crippen LogP contribution is -2.51. The highest BCUT2D eigenvalue weighted by Crippen LogP contribution is 2.10. The Hall–Kier alpha value is -1.83. The molecule has 26 heavy (non-hydrogen) atoms. The Bertz CT molecular complexity index is 461. The van der Waals surface area contributed by atoms with Crippen LogP contribution in [0, 0.1) is 11.3 Å². The third kappa shape index (κ3) is 12.5. The number of aliphatic hydroxyl groups excluding tert-OH is 1. The van der Waals surface area contributed by atoms with Gasteiger partial charge in [0.05, 0.1) is 18.5 Å². The highest BCUT2D eigenvalue weighted by Gasteiger charge is 2.26. The molecule has 0 radical (unpaired) electrons. The monoisotopic (exact) mass is 372 g/mol. The van der Waals surface area contributed by atoms with E-state index in [1.54, 1.807) is 20.8 Å². The van der Waals surface area contributed by atoms with Crippen LogP contribution in [-0.2, 0) is 9.53 Å². The van der Waals surface area contributed by atoms with E-state index in [9.17, 15) is 14.7 Å². The molecule has 8 nitrogen and oxygen atoms in total. The molecule has 152 valence electrons. The molecule has 0 aliphatic heterocycles. The van der Waals surface area contributed by atoms with Crippen molar-refractivity contribution >= 4 is 17.8 Å². The maximum absolute atomic E-state index is 12.5. The predicted octanol–water partition coefficient (Wildman–Crippen LogP) is 1.90. The van der Waals surface area contributed by atoms with Gasteiger partial charge in [-0.05, 0) is 46.0 Å². The largest absolute Gasteiger partial charge is 0.444 e. The highest BCUT2D eigenvalue weighted by molar-refractivity contribution is 5.85. The number of amides is 2. The van der Waals surface area contributed by atoms with Crippen molar-refractivity contribution in [2.45, 2.75) is 84.4 Å². The molecule has 0 rings (SSSR count). The second-order valence-corrected chi connectivity index (χ2v) is 7.99. The molecule has 0 heterocycles. The SMILES string of the molecule is CC(C)C[C@H](NC(=O)OC(C)(C)C)C(=O)N[C@H](CO)CCCCC(=N)N. The van der Waals surface area contributed by atoms with Gasteiger partial charge in [-0.1, -0.05) is 20.3 Å². The summed E-state index contributed by atoms with van der Waals surface area (Å²) >= 11 is 0. The molecule has 0 aliphatic rings. The molecule has 2 amide bonds. The third-order valence-electron chi connectivity index (χ3n) is 3.53. The fourth-order valence-electron chi connectivity index (χ4n) is 2.37. The molecule has 0 saturated heterocycles. The summed E-state index contributed by atoms with van der Waals surface area (Å²) < 4.78 is 5.22. The van der Waals surface area contributed by atoms with Crippen LogP contribution in [0.3, 0.4) is 0 Å². The number of carbonyl (C=O) groups is 2. The Labute approximate surface area is 156 Å². The van der Waals surface area contributed by atoms with Gasteiger partial charge in [0.15, 0.2) is 0 Å². The predicted molar refractivity (Wildman–Crippen MR) is 102 cm³/mol. The Morgan fingerprint density at radius 3 is 2.27 bits per heavy atom. The van der Waals surface area contributed by atoms with E-state index in [0.29, 0.717) is 19.3 Å². The number of aliphatic hydroxyl groups is 1. The van der Waals surface area contributed by atoms with Crippen LogP contribution in [0.25, 0.3) is 0 Å². The molecular weight excluding hydrogens is 336 g/mol. The minimum atomic E-state index is -0.726. The van der Waals surface area contributed by atoms with Gasteiger partial charge in [0.2, 0.25) is 5.91 Å². The number of alkyl carbamates (subject to hydrolysis) is 1. The van der Waals surface area contributed by atoms with Crippen molar-refractivity contribution in [3.8, 4) is 0 Å². The van der Waals surface area contributed by atoms with E-state index in [1.807, 2.05) is 13.8 Å². The summed E-state index contributed by atoms with van der Waals surface area (Å²) in [6, 6.07) is -1.12. The minimum absolute atomic E-state index is 0.133. The first-order valence-electron chi connectivity index (χ1n) is 9.18. The van der Waals surface area contributed by atoms with Gasteiger partial charge in [-0.25, -0.2) is 4.79 Å². The van der Waals surface area contributed by atoms with Crippen LogP contribution in [0.4, 0.5) is 4.79 Å². The highest BCUT2D eigenvalue weighted by atomic mass is 16.6. The number of hydrogen-bond acceptors (Lipinski definition) is 5. The molecule has 0 aromatic heterocycles. The Balaban J connectivity index is 4.68. The summed E-state index contributed by atoms with van der Waals surface area (Å²) in [5.74, 6) is -0.00727. The molecule has 0 saturated carbocycles. The van der Waals surface area contributed by atoms with Crippen molar-refractivity contribution in [2.24, 2.45) is 11.7 Å². The van der Waals surface area contributed by atoms with Crippen molar-refractivity contribution in [3.63, 3.8) is 0 Å². The lowest BCUT2D eigenvalue weighted by molar-refractivity contribution is -0.124. The summed E-state index contributed by atoms with van der Waals surface area (Å²) in [7, 11) is 0. The van der Waals surface area contributed by atoms with Gasteiger partial charge in [-0.3, -0.25) is 10.2 Å². The molecule has 0 spiro atoms. The summed E-state index contributed by atoms with van der Waals surface area (Å²) in [6.45, 7) is 9.00. The molecule has 2 atom stereocenters. The number of carbonyl (C=O) groups excluding carboxylic acids is 2. The lowest BCUT2D eigenvalue weighted by atomic mass is 10.0. The first kappa shape index (κ1) is 24.2. The number of amidine groups is 1. The molecule has 6 N–H and O–H groups in total. The fraction of sp³-hybridized carbons (Fsp3) is 0.833. The second kappa shape index (κ2) is 11.7. The maximum atomic E-state index is 12.5. The van der Waals surface area contributed by atoms with Gasteiger partial charge in [-0.2, -0.15) is 0 Å². The number of ether oxygens (including phenoxy) is 1. The van der Waals surface area contributed by atoms with Crippen LogP contribution in [0.1, 0.15) is 66.7 Å². The normalized spacial score (nSPS) is 13.8. The number of nitrogens with one attached hydrogen (secondary N) is 3. The van der Waals surface area contributed by atoms with Gasteiger partial charge in [0.25, 0.3) is 0 Å². The van der Waals surface area contributed by atoms with Crippen LogP contribution < -0.4 is 16.4 Å². The first-order valence-corrected chi connectivity index (χ1v) is 9.18. The van der Waals surface area contributed by atoms with Crippen molar-refractivity contribution in [3.05, 3.63) is 0 Å². The van der Waals surface area contributed by atoms with Crippen LogP contribution in [-0.4, -0.2) is 47.2 Å². The van der Waals surface area contributed by atoms with E-state index in [1.165, 1.54) is 0 Å². The molecular formula is C18H36N4O4. The molecule has 0 aromatic carbocycles. The van der Waals surface area contributed by atoms with E-state index in [0.717, 1.165) is 12.8 Å². The van der Waals surface area contributed by atoms with Crippen molar-refractivity contribution in [2.75, 3.05) is 6.61 Å². The lowest BCUT2D eigenvalue weighted by Gasteiger charge is -2.25. The van der Waals surface area contributed by atoms with Crippen LogP contribution in [0.15, 0.2) is 0 Å². The summed E-state index contributed by atoms with van der Waals surface area (Å²) in [6.07, 6.45) is 2.37. The van der Waals surface area contributed by atoms with Crippen molar-refractivity contribution < 1.29 is 19.4 Å². The van der Waals surface area contributed by atoms with Gasteiger partial charge < -0.3 is 26.2 Å². The molecule has 0 aromatic rings. The van der Waals surface area contributed by atoms with Gasteiger partial charge >= 0.3 is 6.09 Å². The van der Waals surface area contributed by atoms with Crippen LogP contribution >= 0.6 is 0 Å². The van der Waals surface area contributed by atoms with E-state index in [4.69, 9.17) is 15.9 Å². The number of rotatable bonds is 11. The number of unbranched alkanes of at least 4 members (excludes halogenated alkanes) is 1. The number of nitrogens with two attached hydrogens (primary N) is 1. The van der Waals surface area contributed by atoms with Crippen molar-refractivity contribution in [1.29, 1.82) is 5.41 Å². The minimum Gasteiger partial charge on any atom is -0.444 e. The molecule has 0 unspecified atom stereocenters. The topological polar surface area (TPSA) is 138 Å². The summed E-state index contributed by atoms with van der Waals surface area (Å²) in [5, 5.41) is 22.1. The Morgan fingerprint density at radius 1 is 1.19 bits per heavy atom. The molecule has 8 heteroatoms. The van der Waals surface area contributed by atoms with Gasteiger partial charge in [0.1, 0.15) is 11.6 Å².